The molecule has 5 nitrogen and oxygen atoms in total. The van der Waals surface area contributed by atoms with Gasteiger partial charge >= 0.3 is 0 Å². The first-order valence-electron chi connectivity index (χ1n) is 8.55. The van der Waals surface area contributed by atoms with Crippen molar-refractivity contribution >= 4 is 32.5 Å². The Kier molecular flexibility index (Phi) is 3.58. The van der Waals surface area contributed by atoms with Gasteiger partial charge in [-0.05, 0) is 36.7 Å². The molecule has 1 fully saturated rings. The minimum absolute atomic E-state index is 0.219. The van der Waals surface area contributed by atoms with Crippen LogP contribution in [-0.4, -0.2) is 38.8 Å². The summed E-state index contributed by atoms with van der Waals surface area (Å²) < 4.78 is 31.8. The van der Waals surface area contributed by atoms with Crippen LogP contribution in [0, 0.1) is 5.82 Å². The Hall–Kier alpha value is -2.32. The van der Waals surface area contributed by atoms with Crippen molar-refractivity contribution in [2.24, 2.45) is 7.05 Å². The third-order valence-corrected chi connectivity index (χ3v) is 5.98. The minimum Gasteiger partial charge on any atom is -0.314 e. The first-order chi connectivity index (χ1) is 12.6. The molecule has 26 heavy (non-hydrogen) atoms. The highest BCUT2D eigenvalue weighted by atomic mass is 32.1. The average Bonchev–Trinajstić information content (AvgIpc) is 3.27. The van der Waals surface area contributed by atoms with E-state index in [1.807, 2.05) is 18.3 Å². The van der Waals surface area contributed by atoms with Gasteiger partial charge in [0.1, 0.15) is 16.5 Å². The van der Waals surface area contributed by atoms with Crippen molar-refractivity contribution in [3.05, 3.63) is 36.4 Å². The smallest absolute Gasteiger partial charge is 0.151 e. The predicted molar refractivity (Wildman–Crippen MR) is 98.7 cm³/mol. The van der Waals surface area contributed by atoms with Gasteiger partial charge in [-0.15, -0.1) is 11.3 Å². The van der Waals surface area contributed by atoms with E-state index in [0.29, 0.717) is 12.1 Å². The lowest BCUT2D eigenvalue weighted by molar-refractivity contribution is 0.174. The molecular formula is C18H17F2N5S. The molecule has 1 aliphatic rings. The van der Waals surface area contributed by atoms with Crippen molar-refractivity contribution in [1.29, 1.82) is 0 Å². The van der Waals surface area contributed by atoms with Gasteiger partial charge < -0.3 is 5.32 Å². The summed E-state index contributed by atoms with van der Waals surface area (Å²) in [5, 5.41) is 13.5. The molecule has 134 valence electrons. The van der Waals surface area contributed by atoms with Crippen LogP contribution >= 0.6 is 11.3 Å². The van der Waals surface area contributed by atoms with Crippen molar-refractivity contribution in [3.8, 4) is 10.4 Å². The Morgan fingerprint density at radius 1 is 1.19 bits per heavy atom. The number of hydrogen-bond donors (Lipinski definition) is 1. The van der Waals surface area contributed by atoms with Crippen LogP contribution in [0.5, 0.6) is 0 Å². The quantitative estimate of drug-likeness (QED) is 0.583. The second-order valence-electron chi connectivity index (χ2n) is 6.76. The van der Waals surface area contributed by atoms with E-state index in [-0.39, 0.29) is 11.9 Å². The van der Waals surface area contributed by atoms with E-state index in [1.54, 1.807) is 22.6 Å². The number of aromatic nitrogens is 4. The highest BCUT2D eigenvalue weighted by molar-refractivity contribution is 7.21. The van der Waals surface area contributed by atoms with Crippen molar-refractivity contribution < 1.29 is 8.78 Å². The standard InChI is InChI=1S/C18H17F2N5S/c1-24-8-11-4-10(5-13(19)17(11)22-24)16-6-12-9-25(23-18(12)26-16)15-2-3-21-7-14(15)20/h4-6,8-9,14-15,21H,2-3,7H2,1H3. The molecule has 4 aromatic rings. The van der Waals surface area contributed by atoms with Gasteiger partial charge in [0, 0.05) is 41.6 Å². The maximum atomic E-state index is 14.3. The van der Waals surface area contributed by atoms with Gasteiger partial charge in [-0.2, -0.15) is 10.2 Å². The Balaban J connectivity index is 1.53. The van der Waals surface area contributed by atoms with E-state index >= 15 is 0 Å². The topological polar surface area (TPSA) is 47.7 Å². The van der Waals surface area contributed by atoms with Gasteiger partial charge in [0.25, 0.3) is 0 Å². The second kappa shape index (κ2) is 5.85. The molecule has 1 aromatic carbocycles. The van der Waals surface area contributed by atoms with E-state index < -0.39 is 6.17 Å². The lowest BCUT2D eigenvalue weighted by Gasteiger charge is -2.26. The molecule has 1 aliphatic heterocycles. The van der Waals surface area contributed by atoms with Crippen LogP contribution in [0.3, 0.4) is 0 Å². The molecule has 0 radical (unpaired) electrons. The summed E-state index contributed by atoms with van der Waals surface area (Å²) in [7, 11) is 1.78. The number of halogens is 2. The number of piperidine rings is 1. The third-order valence-electron chi connectivity index (χ3n) is 4.89. The van der Waals surface area contributed by atoms with Gasteiger partial charge in [-0.25, -0.2) is 8.78 Å². The maximum Gasteiger partial charge on any atom is 0.151 e. The normalized spacial score (nSPS) is 21.0. The molecular weight excluding hydrogens is 356 g/mol. The molecule has 1 saturated heterocycles. The Labute approximate surface area is 152 Å². The third kappa shape index (κ3) is 2.52. The van der Waals surface area contributed by atoms with Gasteiger partial charge in [0.2, 0.25) is 0 Å². The van der Waals surface area contributed by atoms with Gasteiger partial charge in [0.15, 0.2) is 5.82 Å². The summed E-state index contributed by atoms with van der Waals surface area (Å²) in [5.74, 6) is -0.329. The van der Waals surface area contributed by atoms with E-state index in [4.69, 9.17) is 0 Å². The number of nitrogens with one attached hydrogen (secondary N) is 1. The summed E-state index contributed by atoms with van der Waals surface area (Å²) in [6, 6.07) is 5.23. The average molecular weight is 373 g/mol. The van der Waals surface area contributed by atoms with E-state index in [9.17, 15) is 8.78 Å². The van der Waals surface area contributed by atoms with Crippen LogP contribution in [0.1, 0.15) is 12.5 Å². The van der Waals surface area contributed by atoms with Gasteiger partial charge in [0.05, 0.1) is 6.04 Å². The van der Waals surface area contributed by atoms with Crippen LogP contribution in [0.2, 0.25) is 0 Å². The zero-order valence-electron chi connectivity index (χ0n) is 14.1. The van der Waals surface area contributed by atoms with E-state index in [0.717, 1.165) is 39.0 Å². The number of rotatable bonds is 2. The van der Waals surface area contributed by atoms with Crippen molar-refractivity contribution in [1.82, 2.24) is 24.9 Å². The molecule has 2 unspecified atom stereocenters. The molecule has 1 N–H and O–H groups in total. The number of fused-ring (bicyclic) bond motifs is 2. The van der Waals surface area contributed by atoms with Crippen LogP contribution in [0.4, 0.5) is 8.78 Å². The number of nitrogens with zero attached hydrogens (tertiary/aromatic N) is 4. The largest absolute Gasteiger partial charge is 0.314 e. The second-order valence-corrected chi connectivity index (χ2v) is 7.79. The first kappa shape index (κ1) is 15.9. The Bertz CT molecular complexity index is 1080. The van der Waals surface area contributed by atoms with Crippen LogP contribution < -0.4 is 5.32 Å². The van der Waals surface area contributed by atoms with Crippen molar-refractivity contribution in [2.75, 3.05) is 13.1 Å². The Morgan fingerprint density at radius 3 is 2.88 bits per heavy atom. The number of thiophene rings is 1. The molecule has 0 bridgehead atoms. The van der Waals surface area contributed by atoms with Crippen molar-refractivity contribution in [2.45, 2.75) is 18.6 Å². The highest BCUT2D eigenvalue weighted by Crippen LogP contribution is 2.36. The summed E-state index contributed by atoms with van der Waals surface area (Å²) >= 11 is 1.50. The maximum absolute atomic E-state index is 14.3. The monoisotopic (exact) mass is 373 g/mol. The minimum atomic E-state index is -0.931. The molecule has 3 aromatic heterocycles. The fraction of sp³-hybridized carbons (Fsp3) is 0.333. The summed E-state index contributed by atoms with van der Waals surface area (Å²) in [4.78, 5) is 1.79. The molecule has 0 saturated carbocycles. The van der Waals surface area contributed by atoms with Crippen molar-refractivity contribution in [3.63, 3.8) is 0 Å². The summed E-state index contributed by atoms with van der Waals surface area (Å²) in [5.41, 5.74) is 1.19. The molecule has 0 spiro atoms. The fourth-order valence-corrected chi connectivity index (χ4v) is 4.61. The van der Waals surface area contributed by atoms with Crippen LogP contribution in [-0.2, 0) is 7.05 Å². The number of benzene rings is 1. The number of hydrogen-bond acceptors (Lipinski definition) is 4. The molecule has 0 aliphatic carbocycles. The highest BCUT2D eigenvalue weighted by Gasteiger charge is 2.27. The van der Waals surface area contributed by atoms with Crippen LogP contribution in [0.15, 0.2) is 30.6 Å². The number of aryl methyl sites for hydroxylation is 1. The summed E-state index contributed by atoms with van der Waals surface area (Å²) in [6.07, 6.45) is 3.50. The predicted octanol–water partition coefficient (Wildman–Crippen LogP) is 3.66. The molecule has 0 amide bonds. The fourth-order valence-electron chi connectivity index (χ4n) is 3.61. The van der Waals surface area contributed by atoms with E-state index in [2.05, 4.69) is 15.5 Å². The zero-order chi connectivity index (χ0) is 17.8. The lowest BCUT2D eigenvalue weighted by Crippen LogP contribution is -2.39. The Morgan fingerprint density at radius 2 is 2.08 bits per heavy atom. The molecule has 2 atom stereocenters. The molecule has 4 heterocycles. The first-order valence-corrected chi connectivity index (χ1v) is 9.37. The number of alkyl halides is 1. The molecule has 8 heteroatoms. The summed E-state index contributed by atoms with van der Waals surface area (Å²) in [6.45, 7) is 1.17. The van der Waals surface area contributed by atoms with Gasteiger partial charge in [-0.1, -0.05) is 0 Å². The lowest BCUT2D eigenvalue weighted by atomic mass is 10.1. The van der Waals surface area contributed by atoms with Gasteiger partial charge in [-0.3, -0.25) is 9.36 Å². The zero-order valence-corrected chi connectivity index (χ0v) is 14.9. The SMILES string of the molecule is Cn1cc2cc(-c3cc4cn(C5CCNCC5F)nc4s3)cc(F)c2n1. The van der Waals surface area contributed by atoms with Crippen LogP contribution in [0.25, 0.3) is 31.6 Å². The van der Waals surface area contributed by atoms with E-state index in [1.165, 1.54) is 17.4 Å². The molecule has 5 rings (SSSR count).